The number of aryl methyl sites for hydroxylation is 1. The Morgan fingerprint density at radius 3 is 2.33 bits per heavy atom. The summed E-state index contributed by atoms with van der Waals surface area (Å²) in [4.78, 5) is 28.5. The van der Waals surface area contributed by atoms with Crippen molar-refractivity contribution in [2.24, 2.45) is 0 Å². The summed E-state index contributed by atoms with van der Waals surface area (Å²) in [5, 5.41) is 6.36. The Labute approximate surface area is 153 Å². The van der Waals surface area contributed by atoms with Crippen molar-refractivity contribution in [2.75, 3.05) is 5.32 Å². The van der Waals surface area contributed by atoms with Crippen LogP contribution in [0, 0.1) is 18.6 Å². The Balaban J connectivity index is 1.81. The molecule has 0 aliphatic carbocycles. The summed E-state index contributed by atoms with van der Waals surface area (Å²) >= 11 is 0. The first-order valence-corrected chi connectivity index (χ1v) is 8.13. The lowest BCUT2D eigenvalue weighted by Gasteiger charge is -2.14. The number of nitrogens with zero attached hydrogens (tertiary/aromatic N) is 3. The number of benzene rings is 2. The molecule has 1 amide bonds. The molecule has 0 spiro atoms. The van der Waals surface area contributed by atoms with Crippen LogP contribution in [0.2, 0.25) is 0 Å². The van der Waals surface area contributed by atoms with E-state index in [0.29, 0.717) is 11.8 Å². The molecule has 0 unspecified atom stereocenters. The quantitative estimate of drug-likeness (QED) is 0.766. The van der Waals surface area contributed by atoms with Crippen LogP contribution in [0.25, 0.3) is 11.3 Å². The van der Waals surface area contributed by atoms with Gasteiger partial charge in [0.1, 0.15) is 17.7 Å². The van der Waals surface area contributed by atoms with Crippen LogP contribution in [0.5, 0.6) is 0 Å². The number of halogens is 2. The monoisotopic (exact) mass is 370 g/mol. The molecule has 0 fully saturated rings. The minimum absolute atomic E-state index is 0.0540. The molecule has 8 heteroatoms. The predicted molar refractivity (Wildman–Crippen MR) is 96.2 cm³/mol. The van der Waals surface area contributed by atoms with Crippen molar-refractivity contribution in [3.05, 3.63) is 76.3 Å². The zero-order chi connectivity index (χ0) is 19.6. The molecule has 1 heterocycles. The summed E-state index contributed by atoms with van der Waals surface area (Å²) < 4.78 is 27.4. The molecule has 0 saturated heterocycles. The number of amides is 1. The highest BCUT2D eigenvalue weighted by Crippen LogP contribution is 2.17. The normalized spacial score (nSPS) is 11.9. The van der Waals surface area contributed by atoms with E-state index >= 15 is 0 Å². The molecule has 0 aliphatic heterocycles. The largest absolute Gasteiger partial charge is 0.365 e. The number of nitrogens with one attached hydrogen (secondary N) is 1. The molecule has 2 aromatic carbocycles. The van der Waals surface area contributed by atoms with Crippen molar-refractivity contribution in [3.8, 4) is 11.3 Å². The Morgan fingerprint density at radius 1 is 1.11 bits per heavy atom. The molecule has 1 atom stereocenters. The first kappa shape index (κ1) is 18.4. The zero-order valence-electron chi connectivity index (χ0n) is 14.6. The third-order valence-electron chi connectivity index (χ3n) is 3.94. The lowest BCUT2D eigenvalue weighted by atomic mass is 10.1. The third-order valence-corrected chi connectivity index (χ3v) is 3.94. The molecule has 1 N–H and O–H groups in total. The Kier molecular flexibility index (Phi) is 5.07. The van der Waals surface area contributed by atoms with Crippen LogP contribution in [-0.2, 0) is 4.79 Å². The van der Waals surface area contributed by atoms with E-state index in [1.165, 1.54) is 13.1 Å². The number of carbonyl (C=O) groups excluding carboxylic acids is 1. The van der Waals surface area contributed by atoms with Gasteiger partial charge < -0.3 is 5.32 Å². The maximum Gasteiger partial charge on any atom is 0.365 e. The average Bonchev–Trinajstić information content (AvgIpc) is 2.60. The molecule has 27 heavy (non-hydrogen) atoms. The minimum atomic E-state index is -1.02. The fraction of sp³-hybridized carbons (Fsp3) is 0.158. The van der Waals surface area contributed by atoms with Gasteiger partial charge >= 0.3 is 5.69 Å². The van der Waals surface area contributed by atoms with Gasteiger partial charge in [0.2, 0.25) is 5.91 Å². The molecular weight excluding hydrogens is 354 g/mol. The van der Waals surface area contributed by atoms with E-state index in [4.69, 9.17) is 0 Å². The SMILES string of the molecule is Cc1ccc(-c2cnn([C@H](C)C(=O)Nc3cc(F)cc(F)c3)c(=O)n2)cc1. The second kappa shape index (κ2) is 7.45. The fourth-order valence-electron chi connectivity index (χ4n) is 2.46. The van der Waals surface area contributed by atoms with Gasteiger partial charge in [-0.1, -0.05) is 29.8 Å². The highest BCUT2D eigenvalue weighted by molar-refractivity contribution is 5.93. The molecule has 0 saturated carbocycles. The molecule has 1 aromatic heterocycles. The van der Waals surface area contributed by atoms with Crippen LogP contribution >= 0.6 is 0 Å². The lowest BCUT2D eigenvalue weighted by Crippen LogP contribution is -2.34. The summed E-state index contributed by atoms with van der Waals surface area (Å²) in [5.41, 5.74) is 1.42. The summed E-state index contributed by atoms with van der Waals surface area (Å²) in [6, 6.07) is 9.02. The topological polar surface area (TPSA) is 76.9 Å². The number of hydrogen-bond acceptors (Lipinski definition) is 4. The van der Waals surface area contributed by atoms with Gasteiger partial charge in [0.15, 0.2) is 0 Å². The number of hydrogen-bond donors (Lipinski definition) is 1. The van der Waals surface area contributed by atoms with Crippen LogP contribution in [-0.4, -0.2) is 20.7 Å². The van der Waals surface area contributed by atoms with Gasteiger partial charge in [-0.15, -0.1) is 0 Å². The van der Waals surface area contributed by atoms with E-state index in [9.17, 15) is 18.4 Å². The maximum atomic E-state index is 13.2. The Bertz CT molecular complexity index is 1030. The van der Waals surface area contributed by atoms with E-state index in [-0.39, 0.29) is 5.69 Å². The van der Waals surface area contributed by atoms with Crippen molar-refractivity contribution in [2.45, 2.75) is 19.9 Å². The van der Waals surface area contributed by atoms with Gasteiger partial charge in [-0.25, -0.2) is 18.3 Å². The van der Waals surface area contributed by atoms with Crippen molar-refractivity contribution in [1.82, 2.24) is 14.8 Å². The molecule has 0 bridgehead atoms. The predicted octanol–water partition coefficient (Wildman–Crippen LogP) is 3.09. The van der Waals surface area contributed by atoms with Crippen LogP contribution in [0.3, 0.4) is 0 Å². The Hall–Kier alpha value is -3.42. The number of aromatic nitrogens is 3. The average molecular weight is 370 g/mol. The summed E-state index contributed by atoms with van der Waals surface area (Å²) in [5.74, 6) is -2.30. The van der Waals surface area contributed by atoms with Crippen molar-refractivity contribution >= 4 is 11.6 Å². The van der Waals surface area contributed by atoms with E-state index in [1.807, 2.05) is 31.2 Å². The van der Waals surface area contributed by atoms with Crippen LogP contribution in [0.15, 0.2) is 53.5 Å². The van der Waals surface area contributed by atoms with E-state index in [2.05, 4.69) is 15.4 Å². The standard InChI is InChI=1S/C19H16F2N4O2/c1-11-3-5-13(6-4-11)17-10-22-25(19(27)24-17)12(2)18(26)23-16-8-14(20)7-15(21)9-16/h3-10,12H,1-2H3,(H,23,26)/t12-/m1/s1. The number of rotatable bonds is 4. The summed E-state index contributed by atoms with van der Waals surface area (Å²) in [7, 11) is 0. The molecular formula is C19H16F2N4O2. The maximum absolute atomic E-state index is 13.2. The third kappa shape index (κ3) is 4.22. The van der Waals surface area contributed by atoms with E-state index < -0.39 is 29.3 Å². The summed E-state index contributed by atoms with van der Waals surface area (Å²) in [6.45, 7) is 3.38. The van der Waals surface area contributed by atoms with Gasteiger partial charge in [-0.2, -0.15) is 10.1 Å². The van der Waals surface area contributed by atoms with E-state index in [0.717, 1.165) is 27.9 Å². The van der Waals surface area contributed by atoms with Gasteiger partial charge in [-0.3, -0.25) is 4.79 Å². The number of carbonyl (C=O) groups is 1. The van der Waals surface area contributed by atoms with Gasteiger partial charge in [0.05, 0.1) is 11.9 Å². The molecule has 3 aromatic rings. The minimum Gasteiger partial charge on any atom is -0.324 e. The van der Waals surface area contributed by atoms with Gasteiger partial charge in [0.25, 0.3) is 0 Å². The highest BCUT2D eigenvalue weighted by Gasteiger charge is 2.19. The fourth-order valence-corrected chi connectivity index (χ4v) is 2.46. The second-order valence-electron chi connectivity index (χ2n) is 6.06. The lowest BCUT2D eigenvalue weighted by molar-refractivity contribution is -0.119. The second-order valence-corrected chi connectivity index (χ2v) is 6.06. The molecule has 3 rings (SSSR count). The molecule has 0 aliphatic rings. The van der Waals surface area contributed by atoms with Gasteiger partial charge in [-0.05, 0) is 26.0 Å². The Morgan fingerprint density at radius 2 is 1.74 bits per heavy atom. The highest BCUT2D eigenvalue weighted by atomic mass is 19.1. The first-order valence-electron chi connectivity index (χ1n) is 8.13. The summed E-state index contributed by atoms with van der Waals surface area (Å²) in [6.07, 6.45) is 1.39. The molecule has 0 radical (unpaired) electrons. The van der Waals surface area contributed by atoms with Crippen molar-refractivity contribution < 1.29 is 13.6 Å². The van der Waals surface area contributed by atoms with Crippen LogP contribution < -0.4 is 11.0 Å². The van der Waals surface area contributed by atoms with E-state index in [1.54, 1.807) is 0 Å². The smallest absolute Gasteiger partial charge is 0.324 e. The zero-order valence-corrected chi connectivity index (χ0v) is 14.6. The number of anilines is 1. The first-order chi connectivity index (χ1) is 12.8. The molecule has 138 valence electrons. The van der Waals surface area contributed by atoms with Crippen LogP contribution in [0.4, 0.5) is 14.5 Å². The van der Waals surface area contributed by atoms with Gasteiger partial charge in [0, 0.05) is 17.3 Å². The molecule has 6 nitrogen and oxygen atoms in total. The van der Waals surface area contributed by atoms with Crippen LogP contribution in [0.1, 0.15) is 18.5 Å². The van der Waals surface area contributed by atoms with Crippen molar-refractivity contribution in [1.29, 1.82) is 0 Å². The van der Waals surface area contributed by atoms with Crippen molar-refractivity contribution in [3.63, 3.8) is 0 Å².